The Morgan fingerprint density at radius 1 is 1.44 bits per heavy atom. The van der Waals surface area contributed by atoms with E-state index >= 15 is 0 Å². The fourth-order valence-corrected chi connectivity index (χ4v) is 1.71. The number of nitrogens with one attached hydrogen (secondary N) is 1. The zero-order valence-electron chi connectivity index (χ0n) is 11.4. The Morgan fingerprint density at radius 2 is 2.12 bits per heavy atom. The van der Waals surface area contributed by atoms with Crippen molar-refractivity contribution in [2.45, 2.75) is 33.2 Å². The molecule has 0 amide bonds. The highest BCUT2D eigenvalue weighted by Gasteiger charge is 2.12. The molecule has 0 aliphatic rings. The molecule has 0 bridgehead atoms. The molecule has 0 saturated heterocycles. The zero-order chi connectivity index (χ0) is 12.4. The van der Waals surface area contributed by atoms with Crippen LogP contribution in [0, 0.1) is 0 Å². The minimum absolute atomic E-state index is 0.456. The van der Waals surface area contributed by atoms with Crippen LogP contribution in [-0.4, -0.2) is 50.8 Å². The van der Waals surface area contributed by atoms with Crippen LogP contribution in [0.2, 0.25) is 0 Å². The summed E-state index contributed by atoms with van der Waals surface area (Å²) in [5.41, 5.74) is 1.25. The van der Waals surface area contributed by atoms with Gasteiger partial charge in [-0.25, -0.2) is 0 Å². The van der Waals surface area contributed by atoms with Crippen molar-refractivity contribution in [2.24, 2.45) is 0 Å². The molecule has 3 nitrogen and oxygen atoms in total. The molecule has 0 aliphatic heterocycles. The highest BCUT2D eigenvalue weighted by Crippen LogP contribution is 2.03. The Morgan fingerprint density at radius 3 is 2.62 bits per heavy atom. The lowest BCUT2D eigenvalue weighted by Gasteiger charge is -2.28. The van der Waals surface area contributed by atoms with Gasteiger partial charge in [0.25, 0.3) is 0 Å². The van der Waals surface area contributed by atoms with Crippen molar-refractivity contribution in [1.82, 2.24) is 10.2 Å². The molecule has 0 rings (SSSR count). The summed E-state index contributed by atoms with van der Waals surface area (Å²) in [7, 11) is 1.75. The zero-order valence-corrected chi connectivity index (χ0v) is 11.4. The molecule has 0 aromatic rings. The van der Waals surface area contributed by atoms with Gasteiger partial charge in [-0.15, -0.1) is 0 Å². The monoisotopic (exact) mass is 228 g/mol. The standard InChI is InChI=1S/C13H28N2O/c1-6-8-14-9-12(3)10-15(7-2)13(4)11-16-5/h13-14H,3,6-11H2,1-2,4-5H3. The molecule has 3 heteroatoms. The highest BCUT2D eigenvalue weighted by atomic mass is 16.5. The van der Waals surface area contributed by atoms with Crippen LogP contribution in [-0.2, 0) is 4.74 Å². The number of likely N-dealkylation sites (N-methyl/N-ethyl adjacent to an activating group) is 1. The van der Waals surface area contributed by atoms with Gasteiger partial charge in [0.2, 0.25) is 0 Å². The van der Waals surface area contributed by atoms with E-state index in [2.05, 4.69) is 37.6 Å². The van der Waals surface area contributed by atoms with Crippen molar-refractivity contribution in [3.8, 4) is 0 Å². The average molecular weight is 228 g/mol. The van der Waals surface area contributed by atoms with Gasteiger partial charge in [-0.2, -0.15) is 0 Å². The molecule has 16 heavy (non-hydrogen) atoms. The van der Waals surface area contributed by atoms with E-state index in [1.54, 1.807) is 7.11 Å². The lowest BCUT2D eigenvalue weighted by Crippen LogP contribution is -2.38. The molecule has 0 heterocycles. The van der Waals surface area contributed by atoms with E-state index in [0.29, 0.717) is 6.04 Å². The Balaban J connectivity index is 3.86. The van der Waals surface area contributed by atoms with Gasteiger partial charge in [0, 0.05) is 26.2 Å². The third-order valence-electron chi connectivity index (χ3n) is 2.67. The first kappa shape index (κ1) is 15.6. The van der Waals surface area contributed by atoms with Crippen LogP contribution in [0.5, 0.6) is 0 Å². The minimum atomic E-state index is 0.456. The van der Waals surface area contributed by atoms with Crippen LogP contribution >= 0.6 is 0 Å². The summed E-state index contributed by atoms with van der Waals surface area (Å²) in [5.74, 6) is 0. The molecule has 1 N–H and O–H groups in total. The molecule has 0 spiro atoms. The molecule has 0 aliphatic carbocycles. The Bertz CT molecular complexity index is 183. The molecule has 0 aromatic carbocycles. The number of nitrogens with zero attached hydrogens (tertiary/aromatic N) is 1. The third-order valence-corrected chi connectivity index (χ3v) is 2.67. The summed E-state index contributed by atoms with van der Waals surface area (Å²) in [6, 6.07) is 0.456. The highest BCUT2D eigenvalue weighted by molar-refractivity contribution is 5.00. The van der Waals surface area contributed by atoms with Crippen LogP contribution in [0.3, 0.4) is 0 Å². The van der Waals surface area contributed by atoms with Gasteiger partial charge in [-0.05, 0) is 32.0 Å². The van der Waals surface area contributed by atoms with Crippen LogP contribution in [0.25, 0.3) is 0 Å². The second-order valence-electron chi connectivity index (χ2n) is 4.29. The lowest BCUT2D eigenvalue weighted by atomic mass is 10.2. The second-order valence-corrected chi connectivity index (χ2v) is 4.29. The summed E-state index contributed by atoms with van der Waals surface area (Å²) in [5, 5.41) is 3.38. The maximum Gasteiger partial charge on any atom is 0.0615 e. The van der Waals surface area contributed by atoms with E-state index in [1.165, 1.54) is 12.0 Å². The van der Waals surface area contributed by atoms with E-state index < -0.39 is 0 Å². The lowest BCUT2D eigenvalue weighted by molar-refractivity contribution is 0.108. The molecule has 0 fully saturated rings. The molecular formula is C13H28N2O. The first-order valence-electron chi connectivity index (χ1n) is 6.26. The van der Waals surface area contributed by atoms with Gasteiger partial charge in [0.15, 0.2) is 0 Å². The number of hydrogen-bond donors (Lipinski definition) is 1. The molecule has 0 aromatic heterocycles. The quantitative estimate of drug-likeness (QED) is 0.456. The van der Waals surface area contributed by atoms with Crippen LogP contribution < -0.4 is 5.32 Å². The second kappa shape index (κ2) is 9.82. The predicted octanol–water partition coefficient (Wildman–Crippen LogP) is 1.90. The van der Waals surface area contributed by atoms with Gasteiger partial charge in [-0.1, -0.05) is 20.4 Å². The third kappa shape index (κ3) is 6.99. The smallest absolute Gasteiger partial charge is 0.0615 e. The maximum atomic E-state index is 5.18. The fraction of sp³-hybridized carbons (Fsp3) is 0.846. The molecule has 0 saturated carbocycles. The molecule has 1 unspecified atom stereocenters. The van der Waals surface area contributed by atoms with Crippen LogP contribution in [0.15, 0.2) is 12.2 Å². The van der Waals surface area contributed by atoms with Crippen molar-refractivity contribution in [2.75, 3.05) is 39.9 Å². The summed E-state index contributed by atoms with van der Waals surface area (Å²) < 4.78 is 5.18. The molecule has 96 valence electrons. The van der Waals surface area contributed by atoms with Crippen molar-refractivity contribution in [3.05, 3.63) is 12.2 Å². The first-order valence-corrected chi connectivity index (χ1v) is 6.26. The van der Waals surface area contributed by atoms with Gasteiger partial charge in [0.05, 0.1) is 6.61 Å². The first-order chi connectivity index (χ1) is 7.65. The fourth-order valence-electron chi connectivity index (χ4n) is 1.71. The molecule has 0 radical (unpaired) electrons. The van der Waals surface area contributed by atoms with Gasteiger partial charge >= 0.3 is 0 Å². The average Bonchev–Trinajstić information content (AvgIpc) is 2.26. The number of rotatable bonds is 10. The normalized spacial score (nSPS) is 13.1. The summed E-state index contributed by atoms with van der Waals surface area (Å²) in [4.78, 5) is 2.39. The van der Waals surface area contributed by atoms with E-state index in [-0.39, 0.29) is 0 Å². The number of hydrogen-bond acceptors (Lipinski definition) is 3. The van der Waals surface area contributed by atoms with E-state index in [9.17, 15) is 0 Å². The van der Waals surface area contributed by atoms with Crippen LogP contribution in [0.1, 0.15) is 27.2 Å². The largest absolute Gasteiger partial charge is 0.383 e. The molecule has 1 atom stereocenters. The number of ether oxygens (including phenoxy) is 1. The van der Waals surface area contributed by atoms with E-state index in [0.717, 1.165) is 32.8 Å². The topological polar surface area (TPSA) is 24.5 Å². The minimum Gasteiger partial charge on any atom is -0.383 e. The SMILES string of the molecule is C=C(CNCCC)CN(CC)C(C)COC. The maximum absolute atomic E-state index is 5.18. The Hall–Kier alpha value is -0.380. The summed E-state index contributed by atoms with van der Waals surface area (Å²) in [6.07, 6.45) is 1.17. The van der Waals surface area contributed by atoms with Crippen molar-refractivity contribution < 1.29 is 4.74 Å². The Labute approximate surface area is 101 Å². The van der Waals surface area contributed by atoms with Crippen molar-refractivity contribution >= 4 is 0 Å². The number of methoxy groups -OCH3 is 1. The van der Waals surface area contributed by atoms with Crippen molar-refractivity contribution in [1.29, 1.82) is 0 Å². The van der Waals surface area contributed by atoms with Crippen molar-refractivity contribution in [3.63, 3.8) is 0 Å². The van der Waals surface area contributed by atoms with E-state index in [1.807, 2.05) is 0 Å². The predicted molar refractivity (Wildman–Crippen MR) is 70.9 cm³/mol. The van der Waals surface area contributed by atoms with Crippen LogP contribution in [0.4, 0.5) is 0 Å². The summed E-state index contributed by atoms with van der Waals surface area (Å²) in [6.45, 7) is 15.4. The summed E-state index contributed by atoms with van der Waals surface area (Å²) >= 11 is 0. The van der Waals surface area contributed by atoms with Gasteiger partial charge in [-0.3, -0.25) is 4.90 Å². The van der Waals surface area contributed by atoms with E-state index in [4.69, 9.17) is 4.74 Å². The molecular weight excluding hydrogens is 200 g/mol. The Kier molecular flexibility index (Phi) is 9.59. The van der Waals surface area contributed by atoms with Gasteiger partial charge in [0.1, 0.15) is 0 Å². The van der Waals surface area contributed by atoms with Gasteiger partial charge < -0.3 is 10.1 Å².